The van der Waals surface area contributed by atoms with E-state index in [4.69, 9.17) is 0 Å². The van der Waals surface area contributed by atoms with Crippen LogP contribution in [0.2, 0.25) is 0 Å². The second-order valence-corrected chi connectivity index (χ2v) is 12.6. The lowest BCUT2D eigenvalue weighted by Gasteiger charge is -2.11. The molecule has 0 fully saturated rings. The van der Waals surface area contributed by atoms with Gasteiger partial charge in [0.05, 0.1) is 14.0 Å². The quantitative estimate of drug-likeness (QED) is 0.447. The number of rotatable bonds is 5. The van der Waals surface area contributed by atoms with Crippen molar-refractivity contribution in [1.82, 2.24) is 4.98 Å². The molecule has 142 valence electrons. The minimum absolute atomic E-state index is 0.231. The first-order valence-corrected chi connectivity index (χ1v) is 13.4. The SMILES string of the molecule is CSc1sc(C)cc1S(=O)(=NS(=O)(=O)c1ccccn1)c1cccc(Br)c1. The monoisotopic (exact) mass is 502 g/mol. The molecule has 0 N–H and O–H groups in total. The van der Waals surface area contributed by atoms with Crippen LogP contribution in [0.15, 0.2) is 82.0 Å². The third-order valence-corrected chi connectivity index (χ3v) is 10.6. The average Bonchev–Trinajstić information content (AvgIpc) is 3.04. The summed E-state index contributed by atoms with van der Waals surface area (Å²) in [5.41, 5.74) is 0. The number of aromatic nitrogens is 1. The van der Waals surface area contributed by atoms with E-state index in [1.807, 2.05) is 13.2 Å². The molecule has 3 rings (SSSR count). The predicted molar refractivity (Wildman–Crippen MR) is 114 cm³/mol. The van der Waals surface area contributed by atoms with Gasteiger partial charge in [0.25, 0.3) is 0 Å². The first kappa shape index (κ1) is 20.5. The number of nitrogens with zero attached hydrogens (tertiary/aromatic N) is 2. The molecule has 0 spiro atoms. The Labute approximate surface area is 175 Å². The van der Waals surface area contributed by atoms with E-state index in [2.05, 4.69) is 24.7 Å². The number of hydrogen-bond acceptors (Lipinski definition) is 6. The van der Waals surface area contributed by atoms with Crippen LogP contribution in [-0.2, 0) is 19.8 Å². The summed E-state index contributed by atoms with van der Waals surface area (Å²) in [5, 5.41) is -0.231. The molecule has 0 saturated heterocycles. The highest BCUT2D eigenvalue weighted by atomic mass is 79.9. The van der Waals surface area contributed by atoms with Gasteiger partial charge in [-0.25, -0.2) is 9.19 Å². The van der Waals surface area contributed by atoms with Gasteiger partial charge in [-0.1, -0.05) is 31.8 Å². The van der Waals surface area contributed by atoms with Crippen molar-refractivity contribution >= 4 is 58.8 Å². The Bertz CT molecular complexity index is 1200. The maximum atomic E-state index is 14.1. The third-order valence-electron chi connectivity index (χ3n) is 3.49. The van der Waals surface area contributed by atoms with Gasteiger partial charge < -0.3 is 0 Å². The summed E-state index contributed by atoms with van der Waals surface area (Å²) in [6.07, 6.45) is 3.23. The molecule has 0 aliphatic carbocycles. The molecule has 0 radical (unpaired) electrons. The van der Waals surface area contributed by atoms with Crippen molar-refractivity contribution in [1.29, 1.82) is 0 Å². The largest absolute Gasteiger partial charge is 0.308 e. The zero-order valence-corrected chi connectivity index (χ0v) is 19.2. The van der Waals surface area contributed by atoms with Crippen molar-refractivity contribution in [3.8, 4) is 0 Å². The van der Waals surface area contributed by atoms with Crippen LogP contribution in [-0.4, -0.2) is 23.9 Å². The van der Waals surface area contributed by atoms with Gasteiger partial charge in [0.15, 0.2) is 5.03 Å². The molecule has 1 unspecified atom stereocenters. The average molecular weight is 503 g/mol. The van der Waals surface area contributed by atoms with Gasteiger partial charge >= 0.3 is 10.0 Å². The normalized spacial score (nSPS) is 13.9. The highest BCUT2D eigenvalue weighted by Crippen LogP contribution is 2.39. The molecule has 5 nitrogen and oxygen atoms in total. The minimum atomic E-state index is -4.22. The van der Waals surface area contributed by atoms with Crippen molar-refractivity contribution in [2.75, 3.05) is 6.26 Å². The van der Waals surface area contributed by atoms with E-state index in [0.29, 0.717) is 14.3 Å². The highest BCUT2D eigenvalue weighted by Gasteiger charge is 2.27. The minimum Gasteiger partial charge on any atom is -0.243 e. The Morgan fingerprint density at radius 2 is 1.89 bits per heavy atom. The molecular formula is C17H15BrN2O3S4. The summed E-state index contributed by atoms with van der Waals surface area (Å²) in [4.78, 5) is 5.54. The maximum Gasteiger partial charge on any atom is 0.308 e. The molecule has 0 bridgehead atoms. The standard InChI is InChI=1S/C17H15BrN2O3S4/c1-12-10-15(17(24-2)25-12)26(21,14-7-5-6-13(18)11-14)20-27(22,23)16-8-3-4-9-19-16/h3-11H,1-2H3. The number of sulfonamides is 1. The molecule has 0 amide bonds. The fraction of sp³-hybridized carbons (Fsp3) is 0.118. The van der Waals surface area contributed by atoms with Gasteiger partial charge in [0.2, 0.25) is 0 Å². The van der Waals surface area contributed by atoms with Crippen LogP contribution in [0.4, 0.5) is 0 Å². The summed E-state index contributed by atoms with van der Waals surface area (Å²) in [6.45, 7) is 1.89. The smallest absolute Gasteiger partial charge is 0.243 e. The van der Waals surface area contributed by atoms with Crippen molar-refractivity contribution in [3.63, 3.8) is 0 Å². The maximum absolute atomic E-state index is 14.1. The number of hydrogen-bond donors (Lipinski definition) is 0. The molecular weight excluding hydrogens is 488 g/mol. The lowest BCUT2D eigenvalue weighted by Crippen LogP contribution is -2.08. The van der Waals surface area contributed by atoms with Gasteiger partial charge in [0.1, 0.15) is 9.73 Å². The molecule has 10 heteroatoms. The Hall–Kier alpha value is -1.20. The van der Waals surface area contributed by atoms with E-state index in [1.165, 1.54) is 35.4 Å². The molecule has 0 aliphatic rings. The van der Waals surface area contributed by atoms with E-state index in [-0.39, 0.29) is 5.03 Å². The van der Waals surface area contributed by atoms with Gasteiger partial charge in [-0.15, -0.1) is 23.1 Å². The van der Waals surface area contributed by atoms with Crippen molar-refractivity contribution in [3.05, 3.63) is 64.1 Å². The van der Waals surface area contributed by atoms with E-state index in [1.54, 1.807) is 42.5 Å². The van der Waals surface area contributed by atoms with Gasteiger partial charge in [-0.3, -0.25) is 0 Å². The summed E-state index contributed by atoms with van der Waals surface area (Å²) in [7, 11) is -7.66. The molecule has 1 atom stereocenters. The third kappa shape index (κ3) is 4.29. The van der Waals surface area contributed by atoms with E-state index < -0.39 is 19.8 Å². The summed E-state index contributed by atoms with van der Waals surface area (Å²) < 4.78 is 45.2. The molecule has 0 aliphatic heterocycles. The van der Waals surface area contributed by atoms with Crippen molar-refractivity contribution < 1.29 is 12.6 Å². The van der Waals surface area contributed by atoms with Crippen LogP contribution in [0.3, 0.4) is 0 Å². The van der Waals surface area contributed by atoms with Gasteiger partial charge in [-0.2, -0.15) is 8.42 Å². The second-order valence-electron chi connectivity index (χ2n) is 5.41. The first-order valence-electron chi connectivity index (χ1n) is 7.61. The number of aryl methyl sites for hydroxylation is 1. The van der Waals surface area contributed by atoms with E-state index in [9.17, 15) is 12.6 Å². The van der Waals surface area contributed by atoms with Crippen LogP contribution in [0.25, 0.3) is 0 Å². The van der Waals surface area contributed by atoms with Crippen molar-refractivity contribution in [2.45, 2.75) is 25.9 Å². The molecule has 2 heterocycles. The van der Waals surface area contributed by atoms with Crippen LogP contribution < -0.4 is 0 Å². The highest BCUT2D eigenvalue weighted by molar-refractivity contribution is 9.10. The van der Waals surface area contributed by atoms with E-state index in [0.717, 1.165) is 9.09 Å². The Morgan fingerprint density at radius 3 is 2.52 bits per heavy atom. The Kier molecular flexibility index (Phi) is 6.11. The number of benzene rings is 1. The molecule has 1 aromatic carbocycles. The zero-order valence-electron chi connectivity index (χ0n) is 14.3. The second kappa shape index (κ2) is 8.04. The fourth-order valence-electron chi connectivity index (χ4n) is 2.33. The van der Waals surface area contributed by atoms with Gasteiger partial charge in [-0.05, 0) is 49.6 Å². The van der Waals surface area contributed by atoms with Crippen LogP contribution in [0.1, 0.15) is 4.88 Å². The molecule has 2 aromatic heterocycles. The summed E-state index contributed by atoms with van der Waals surface area (Å²) in [6, 6.07) is 13.0. The summed E-state index contributed by atoms with van der Waals surface area (Å²) in [5.74, 6) is 0. The van der Waals surface area contributed by atoms with Gasteiger partial charge in [0, 0.05) is 15.5 Å². The number of thiophene rings is 1. The Morgan fingerprint density at radius 1 is 1.11 bits per heavy atom. The van der Waals surface area contributed by atoms with E-state index >= 15 is 0 Å². The van der Waals surface area contributed by atoms with Crippen LogP contribution in [0, 0.1) is 6.92 Å². The topological polar surface area (TPSA) is 76.5 Å². The predicted octanol–water partition coefficient (Wildman–Crippen LogP) is 5.21. The lowest BCUT2D eigenvalue weighted by atomic mass is 10.4. The Balaban J connectivity index is 2.37. The lowest BCUT2D eigenvalue weighted by molar-refractivity contribution is 0.594. The number of pyridine rings is 1. The molecule has 3 aromatic rings. The van der Waals surface area contributed by atoms with Crippen LogP contribution >= 0.6 is 39.0 Å². The fourth-order valence-corrected chi connectivity index (χ4v) is 9.51. The van der Waals surface area contributed by atoms with Crippen molar-refractivity contribution in [2.24, 2.45) is 3.77 Å². The molecule has 27 heavy (non-hydrogen) atoms. The number of halogens is 1. The first-order chi connectivity index (χ1) is 12.8. The van der Waals surface area contributed by atoms with Crippen LogP contribution in [0.5, 0.6) is 0 Å². The summed E-state index contributed by atoms with van der Waals surface area (Å²) >= 11 is 6.25. The zero-order chi connectivity index (χ0) is 19.7. The molecule has 0 saturated carbocycles. The number of thioether (sulfide) groups is 1.